The van der Waals surface area contributed by atoms with Crippen LogP contribution in [0.4, 0.5) is 0 Å². The van der Waals surface area contributed by atoms with E-state index in [1.54, 1.807) is 0 Å². The molecule has 88 valence electrons. The highest BCUT2D eigenvalue weighted by Crippen LogP contribution is 2.32. The van der Waals surface area contributed by atoms with Crippen molar-refractivity contribution in [1.82, 2.24) is 10.6 Å². The highest BCUT2D eigenvalue weighted by Gasteiger charge is 2.32. The lowest BCUT2D eigenvalue weighted by Gasteiger charge is -2.30. The Kier molecular flexibility index (Phi) is 3.36. The fraction of sp³-hybridized carbons (Fsp3) is 1.00. The van der Waals surface area contributed by atoms with Gasteiger partial charge in [-0.05, 0) is 65.3 Å². The summed E-state index contributed by atoms with van der Waals surface area (Å²) in [5.74, 6) is 0.971. The highest BCUT2D eigenvalue weighted by atomic mass is 15.0. The van der Waals surface area contributed by atoms with Gasteiger partial charge >= 0.3 is 0 Å². The number of nitrogens with one attached hydrogen (secondary N) is 2. The fourth-order valence-corrected chi connectivity index (χ4v) is 3.06. The van der Waals surface area contributed by atoms with Gasteiger partial charge in [-0.3, -0.25) is 0 Å². The van der Waals surface area contributed by atoms with Crippen molar-refractivity contribution >= 4 is 0 Å². The molecule has 2 nitrogen and oxygen atoms in total. The molecule has 2 atom stereocenters. The number of fused-ring (bicyclic) bond motifs is 2. The molecule has 0 aromatic heterocycles. The van der Waals surface area contributed by atoms with E-state index in [0.29, 0.717) is 0 Å². The van der Waals surface area contributed by atoms with Crippen LogP contribution < -0.4 is 10.6 Å². The van der Waals surface area contributed by atoms with Gasteiger partial charge in [-0.2, -0.15) is 0 Å². The maximum absolute atomic E-state index is 3.71. The zero-order valence-electron chi connectivity index (χ0n) is 10.5. The SMILES string of the molecule is CC(C)(C)NCCC1CC2CCC(C1)N2. The smallest absolute Gasteiger partial charge is 0.00965 e. The molecule has 15 heavy (non-hydrogen) atoms. The molecule has 2 rings (SSSR count). The van der Waals surface area contributed by atoms with Gasteiger partial charge in [-0.25, -0.2) is 0 Å². The van der Waals surface area contributed by atoms with E-state index in [1.807, 2.05) is 0 Å². The van der Waals surface area contributed by atoms with E-state index < -0.39 is 0 Å². The summed E-state index contributed by atoms with van der Waals surface area (Å²) in [5.41, 5.74) is 0.284. The Bertz CT molecular complexity index is 195. The van der Waals surface area contributed by atoms with Gasteiger partial charge in [0, 0.05) is 17.6 Å². The van der Waals surface area contributed by atoms with Crippen LogP contribution in [0.3, 0.4) is 0 Å². The first-order valence-corrected chi connectivity index (χ1v) is 6.54. The molecule has 2 aliphatic rings. The monoisotopic (exact) mass is 210 g/mol. The van der Waals surface area contributed by atoms with Crippen molar-refractivity contribution in [2.75, 3.05) is 6.54 Å². The van der Waals surface area contributed by atoms with E-state index in [1.165, 1.54) is 38.6 Å². The summed E-state index contributed by atoms with van der Waals surface area (Å²) in [7, 11) is 0. The molecule has 2 heterocycles. The number of hydrogen-bond acceptors (Lipinski definition) is 2. The van der Waals surface area contributed by atoms with Crippen molar-refractivity contribution < 1.29 is 0 Å². The van der Waals surface area contributed by atoms with Crippen LogP contribution in [0.1, 0.15) is 52.9 Å². The van der Waals surface area contributed by atoms with E-state index >= 15 is 0 Å². The largest absolute Gasteiger partial charge is 0.312 e. The average Bonchev–Trinajstić information content (AvgIpc) is 2.43. The first kappa shape index (κ1) is 11.4. The van der Waals surface area contributed by atoms with Crippen LogP contribution in [-0.2, 0) is 0 Å². The van der Waals surface area contributed by atoms with E-state index in [2.05, 4.69) is 31.4 Å². The number of rotatable bonds is 3. The minimum atomic E-state index is 0.284. The molecule has 2 bridgehead atoms. The Morgan fingerprint density at radius 3 is 2.27 bits per heavy atom. The summed E-state index contributed by atoms with van der Waals surface area (Å²) < 4.78 is 0. The molecule has 0 amide bonds. The van der Waals surface area contributed by atoms with Crippen LogP contribution in [0.2, 0.25) is 0 Å². The second-order valence-corrected chi connectivity index (χ2v) is 6.44. The minimum absolute atomic E-state index is 0.284. The van der Waals surface area contributed by atoms with E-state index in [0.717, 1.165) is 18.0 Å². The maximum Gasteiger partial charge on any atom is 0.00965 e. The lowest BCUT2D eigenvalue weighted by molar-refractivity contribution is 0.274. The van der Waals surface area contributed by atoms with Gasteiger partial charge in [0.05, 0.1) is 0 Å². The predicted molar refractivity (Wildman–Crippen MR) is 65.0 cm³/mol. The van der Waals surface area contributed by atoms with E-state index in [9.17, 15) is 0 Å². The topological polar surface area (TPSA) is 24.1 Å². The summed E-state index contributed by atoms with van der Waals surface area (Å²) in [6, 6.07) is 1.70. The third-order valence-electron chi connectivity index (χ3n) is 3.78. The van der Waals surface area contributed by atoms with Crippen LogP contribution in [0.25, 0.3) is 0 Å². The molecule has 2 N–H and O–H groups in total. The summed E-state index contributed by atoms with van der Waals surface area (Å²) in [5, 5.41) is 7.31. The van der Waals surface area contributed by atoms with Gasteiger partial charge in [-0.1, -0.05) is 0 Å². The lowest BCUT2D eigenvalue weighted by Crippen LogP contribution is -2.41. The van der Waals surface area contributed by atoms with E-state index in [4.69, 9.17) is 0 Å². The van der Waals surface area contributed by atoms with Gasteiger partial charge in [0.25, 0.3) is 0 Å². The Hall–Kier alpha value is -0.0800. The minimum Gasteiger partial charge on any atom is -0.312 e. The molecular formula is C13H26N2. The molecule has 0 spiro atoms. The lowest BCUT2D eigenvalue weighted by atomic mass is 9.89. The third kappa shape index (κ3) is 3.46. The second-order valence-electron chi connectivity index (χ2n) is 6.44. The summed E-state index contributed by atoms with van der Waals surface area (Å²) in [6.07, 6.45) is 7.05. The zero-order chi connectivity index (χ0) is 10.9. The van der Waals surface area contributed by atoms with Gasteiger partial charge in [0.2, 0.25) is 0 Å². The van der Waals surface area contributed by atoms with Crippen LogP contribution in [-0.4, -0.2) is 24.2 Å². The Morgan fingerprint density at radius 1 is 1.13 bits per heavy atom. The molecule has 2 saturated heterocycles. The molecule has 0 aliphatic carbocycles. The Morgan fingerprint density at radius 2 is 1.73 bits per heavy atom. The molecule has 2 aliphatic heterocycles. The molecule has 0 aromatic rings. The molecule has 0 radical (unpaired) electrons. The first-order valence-electron chi connectivity index (χ1n) is 6.54. The van der Waals surface area contributed by atoms with E-state index in [-0.39, 0.29) is 5.54 Å². The molecule has 0 saturated carbocycles. The molecule has 0 aromatic carbocycles. The molecule has 2 unspecified atom stereocenters. The number of piperidine rings is 1. The van der Waals surface area contributed by atoms with Crippen molar-refractivity contribution in [3.05, 3.63) is 0 Å². The van der Waals surface area contributed by atoms with Gasteiger partial charge in [0.1, 0.15) is 0 Å². The van der Waals surface area contributed by atoms with Crippen molar-refractivity contribution in [3.8, 4) is 0 Å². The van der Waals surface area contributed by atoms with Crippen molar-refractivity contribution in [1.29, 1.82) is 0 Å². The Balaban J connectivity index is 1.68. The molecule has 2 heteroatoms. The second kappa shape index (κ2) is 4.42. The first-order chi connectivity index (χ1) is 7.03. The quantitative estimate of drug-likeness (QED) is 0.747. The van der Waals surface area contributed by atoms with Crippen molar-refractivity contribution in [2.24, 2.45) is 5.92 Å². The van der Waals surface area contributed by atoms with Crippen molar-refractivity contribution in [2.45, 2.75) is 70.5 Å². The fourth-order valence-electron chi connectivity index (χ4n) is 3.06. The highest BCUT2D eigenvalue weighted by molar-refractivity contribution is 4.92. The summed E-state index contributed by atoms with van der Waals surface area (Å²) in [6.45, 7) is 7.94. The van der Waals surface area contributed by atoms with Crippen LogP contribution in [0.5, 0.6) is 0 Å². The summed E-state index contributed by atoms with van der Waals surface area (Å²) in [4.78, 5) is 0. The molecule has 2 fully saturated rings. The van der Waals surface area contributed by atoms with Crippen LogP contribution >= 0.6 is 0 Å². The Labute approximate surface area is 94.2 Å². The van der Waals surface area contributed by atoms with Crippen molar-refractivity contribution in [3.63, 3.8) is 0 Å². The van der Waals surface area contributed by atoms with Gasteiger partial charge < -0.3 is 10.6 Å². The van der Waals surface area contributed by atoms with Gasteiger partial charge in [0.15, 0.2) is 0 Å². The summed E-state index contributed by atoms with van der Waals surface area (Å²) >= 11 is 0. The predicted octanol–water partition coefficient (Wildman–Crippen LogP) is 2.30. The van der Waals surface area contributed by atoms with Gasteiger partial charge in [-0.15, -0.1) is 0 Å². The number of hydrogen-bond donors (Lipinski definition) is 2. The zero-order valence-corrected chi connectivity index (χ0v) is 10.5. The standard InChI is InChI=1S/C13H26N2/c1-13(2,3)14-7-6-10-8-11-4-5-12(9-10)15-11/h10-12,14-15H,4-9H2,1-3H3. The average molecular weight is 210 g/mol. The van der Waals surface area contributed by atoms with Crippen LogP contribution in [0.15, 0.2) is 0 Å². The van der Waals surface area contributed by atoms with Crippen LogP contribution in [0, 0.1) is 5.92 Å². The normalized spacial score (nSPS) is 35.8. The molecular weight excluding hydrogens is 184 g/mol. The maximum atomic E-state index is 3.71. The third-order valence-corrected chi connectivity index (χ3v) is 3.78.